The van der Waals surface area contributed by atoms with E-state index in [1.165, 1.54) is 23.9 Å². The molecule has 0 spiro atoms. The van der Waals surface area contributed by atoms with Crippen molar-refractivity contribution in [2.24, 2.45) is 5.92 Å². The van der Waals surface area contributed by atoms with Crippen molar-refractivity contribution < 1.29 is 27.6 Å². The number of carbonyl (C=O) groups is 1. The first-order valence-corrected chi connectivity index (χ1v) is 14.0. The maximum absolute atomic E-state index is 13.5. The molecule has 5 rings (SSSR count). The smallest absolute Gasteiger partial charge is 0.333 e. The number of nitrogens with one attached hydrogen (secondary N) is 2. The van der Waals surface area contributed by atoms with Crippen molar-refractivity contribution in [2.75, 3.05) is 11.9 Å². The lowest BCUT2D eigenvalue weighted by Crippen LogP contribution is -2.27. The van der Waals surface area contributed by atoms with Gasteiger partial charge in [-0.05, 0) is 32.8 Å². The van der Waals surface area contributed by atoms with E-state index in [-0.39, 0.29) is 23.5 Å². The molecule has 0 amide bonds. The third kappa shape index (κ3) is 5.44. The summed E-state index contributed by atoms with van der Waals surface area (Å²) < 4.78 is 40.9. The highest BCUT2D eigenvalue weighted by Gasteiger charge is 2.35. The number of hydrogen-bond donors (Lipinski definition) is 4. The molecular weight excluding hydrogens is 520 g/mol. The maximum atomic E-state index is 13.5. The third-order valence-corrected chi connectivity index (χ3v) is 8.19. The normalized spacial score (nSPS) is 23.7. The van der Waals surface area contributed by atoms with Crippen molar-refractivity contribution >= 4 is 33.2 Å². The van der Waals surface area contributed by atoms with Crippen LogP contribution in [0.1, 0.15) is 56.1 Å². The lowest BCUT2D eigenvalue weighted by molar-refractivity contribution is 0.0423. The van der Waals surface area contributed by atoms with Gasteiger partial charge in [-0.2, -0.15) is 13.1 Å². The average molecular weight is 548 g/mol. The number of ether oxygens (including phenoxy) is 1. The zero-order valence-corrected chi connectivity index (χ0v) is 21.8. The first kappa shape index (κ1) is 25.9. The van der Waals surface area contributed by atoms with Gasteiger partial charge in [-0.3, -0.25) is 9.35 Å². The van der Waals surface area contributed by atoms with Crippen LogP contribution in [0, 0.1) is 26.3 Å². The van der Waals surface area contributed by atoms with Crippen molar-refractivity contribution in [1.82, 2.24) is 24.2 Å². The second-order valence-electron chi connectivity index (χ2n) is 9.20. The summed E-state index contributed by atoms with van der Waals surface area (Å²) in [5, 5.41) is 13.5. The molecule has 4 atom stereocenters. The number of thiophene rings is 1. The molecule has 3 aromatic rings. The Bertz CT molecular complexity index is 1420. The van der Waals surface area contributed by atoms with Gasteiger partial charge in [-0.25, -0.2) is 15.0 Å². The SMILES string of the molecule is Cc1sc(C(=O)c2cncnc2N[C@H]2C[C@H](O)[C@@H]([CH]NS(=O)(=O)O)C2)cc1[C@H]1OCCn2c(C)cnc21. The molecule has 37 heavy (non-hydrogen) atoms. The Morgan fingerprint density at radius 1 is 1.27 bits per heavy atom. The number of aryl methyl sites for hydroxylation is 2. The topological polar surface area (TPSA) is 169 Å². The van der Waals surface area contributed by atoms with Gasteiger partial charge in [0.2, 0.25) is 5.78 Å². The summed E-state index contributed by atoms with van der Waals surface area (Å²) in [6, 6.07) is 1.56. The van der Waals surface area contributed by atoms with Gasteiger partial charge < -0.3 is 19.7 Å². The van der Waals surface area contributed by atoms with Crippen LogP contribution in [0.25, 0.3) is 0 Å². The number of imidazole rings is 1. The Morgan fingerprint density at radius 2 is 2.08 bits per heavy atom. The predicted molar refractivity (Wildman–Crippen MR) is 134 cm³/mol. The standard InChI is InChI=1S/C23H27N6O6S2/c1-12-8-25-23-21(35-4-3-29(12)23)16-7-19(36-13(16)2)20(31)17-10-24-11-26-22(17)28-15-5-14(18(30)6-15)9-27-37(32,33)34/h7-11,14-15,18,21,27,30H,3-6H2,1-2H3,(H,24,26,28)(H,32,33,34)/t14-,15-,18+,21-/m1/s1. The van der Waals surface area contributed by atoms with E-state index in [2.05, 4.69) is 24.8 Å². The van der Waals surface area contributed by atoms with Gasteiger partial charge in [0, 0.05) is 53.6 Å². The zero-order valence-electron chi connectivity index (χ0n) is 20.2. The second-order valence-corrected chi connectivity index (χ2v) is 11.6. The molecule has 2 aliphatic rings. The van der Waals surface area contributed by atoms with Crippen molar-refractivity contribution in [2.45, 2.75) is 51.5 Å². The Kier molecular flexibility index (Phi) is 7.13. The number of ketones is 1. The van der Waals surface area contributed by atoms with Crippen molar-refractivity contribution in [1.29, 1.82) is 0 Å². The maximum Gasteiger partial charge on any atom is 0.333 e. The number of aromatic nitrogens is 4. The minimum Gasteiger partial charge on any atom is -0.393 e. The van der Waals surface area contributed by atoms with E-state index in [1.807, 2.05) is 30.8 Å². The van der Waals surface area contributed by atoms with E-state index in [4.69, 9.17) is 9.29 Å². The first-order valence-electron chi connectivity index (χ1n) is 11.7. The second kappa shape index (κ2) is 10.2. The highest BCUT2D eigenvalue weighted by atomic mass is 32.2. The number of anilines is 1. The Labute approximate surface area is 218 Å². The number of nitrogens with zero attached hydrogens (tertiary/aromatic N) is 4. The summed E-state index contributed by atoms with van der Waals surface area (Å²) in [5.74, 6) is 0.388. The van der Waals surface area contributed by atoms with E-state index in [0.717, 1.165) is 35.0 Å². The van der Waals surface area contributed by atoms with Crippen molar-refractivity contribution in [3.63, 3.8) is 0 Å². The lowest BCUT2D eigenvalue weighted by Gasteiger charge is -2.25. The molecule has 3 aromatic heterocycles. The van der Waals surface area contributed by atoms with Gasteiger partial charge in [0.25, 0.3) is 0 Å². The third-order valence-electron chi connectivity index (χ3n) is 6.69. The van der Waals surface area contributed by atoms with Crippen LogP contribution >= 0.6 is 11.3 Å². The fourth-order valence-electron chi connectivity index (χ4n) is 4.87. The molecule has 0 saturated heterocycles. The Morgan fingerprint density at radius 3 is 2.86 bits per heavy atom. The summed E-state index contributed by atoms with van der Waals surface area (Å²) >= 11 is 1.37. The predicted octanol–water partition coefficient (Wildman–Crippen LogP) is 1.81. The van der Waals surface area contributed by atoms with Gasteiger partial charge in [0.05, 0.1) is 23.2 Å². The van der Waals surface area contributed by atoms with Gasteiger partial charge >= 0.3 is 10.3 Å². The number of aliphatic hydroxyl groups excluding tert-OH is 1. The van der Waals surface area contributed by atoms with Crippen LogP contribution in [0.2, 0.25) is 0 Å². The van der Waals surface area contributed by atoms with Crippen LogP contribution in [0.5, 0.6) is 0 Å². The van der Waals surface area contributed by atoms with Gasteiger partial charge in [0.1, 0.15) is 24.1 Å². The summed E-state index contributed by atoms with van der Waals surface area (Å²) in [7, 11) is -4.40. The van der Waals surface area contributed by atoms with Gasteiger partial charge in [-0.15, -0.1) is 11.3 Å². The average Bonchev–Trinajstić information content (AvgIpc) is 3.54. The molecule has 1 fully saturated rings. The monoisotopic (exact) mass is 547 g/mol. The lowest BCUT2D eigenvalue weighted by atomic mass is 10.1. The van der Waals surface area contributed by atoms with Crippen LogP contribution in [-0.2, 0) is 21.6 Å². The highest BCUT2D eigenvalue weighted by molar-refractivity contribution is 7.83. The number of aliphatic hydroxyl groups is 1. The number of rotatable bonds is 8. The first-order chi connectivity index (χ1) is 17.6. The molecule has 1 aliphatic heterocycles. The molecule has 1 radical (unpaired) electrons. The zero-order chi connectivity index (χ0) is 26.3. The van der Waals surface area contributed by atoms with E-state index in [0.29, 0.717) is 30.1 Å². The molecule has 1 aliphatic carbocycles. The highest BCUT2D eigenvalue weighted by Crippen LogP contribution is 2.37. The molecule has 4 N–H and O–H groups in total. The minimum absolute atomic E-state index is 0.243. The van der Waals surface area contributed by atoms with E-state index >= 15 is 0 Å². The molecule has 0 aromatic carbocycles. The molecule has 14 heteroatoms. The van der Waals surface area contributed by atoms with E-state index in [1.54, 1.807) is 0 Å². The molecule has 197 valence electrons. The summed E-state index contributed by atoms with van der Waals surface area (Å²) in [4.78, 5) is 27.8. The molecule has 12 nitrogen and oxygen atoms in total. The van der Waals surface area contributed by atoms with Crippen LogP contribution in [0.15, 0.2) is 24.8 Å². The Balaban J connectivity index is 1.34. The van der Waals surface area contributed by atoms with Crippen LogP contribution in [0.4, 0.5) is 5.82 Å². The minimum atomic E-state index is -4.40. The molecule has 0 unspecified atom stereocenters. The molecule has 0 bridgehead atoms. The fourth-order valence-corrected chi connectivity index (χ4v) is 6.22. The molecule has 1 saturated carbocycles. The van der Waals surface area contributed by atoms with Crippen LogP contribution in [-0.4, -0.2) is 62.1 Å². The quantitative estimate of drug-likeness (QED) is 0.241. The Hall–Kier alpha value is -2.75. The number of hydrogen-bond acceptors (Lipinski definition) is 10. The largest absolute Gasteiger partial charge is 0.393 e. The van der Waals surface area contributed by atoms with Crippen LogP contribution < -0.4 is 10.0 Å². The van der Waals surface area contributed by atoms with Crippen molar-refractivity contribution in [3.05, 3.63) is 63.7 Å². The van der Waals surface area contributed by atoms with Gasteiger partial charge in [0.15, 0.2) is 0 Å². The summed E-state index contributed by atoms with van der Waals surface area (Å²) in [6.45, 7) is 6.41. The fraction of sp³-hybridized carbons (Fsp3) is 0.435. The van der Waals surface area contributed by atoms with Crippen molar-refractivity contribution in [3.8, 4) is 0 Å². The van der Waals surface area contributed by atoms with E-state index < -0.39 is 22.3 Å². The number of fused-ring (bicyclic) bond motifs is 1. The molecular formula is C23H27N6O6S2. The van der Waals surface area contributed by atoms with E-state index in [9.17, 15) is 18.3 Å². The van der Waals surface area contributed by atoms with Crippen LogP contribution in [0.3, 0.4) is 0 Å². The summed E-state index contributed by atoms with van der Waals surface area (Å²) in [6.07, 6.45) is 4.10. The number of carbonyl (C=O) groups excluding carboxylic acids is 1. The summed E-state index contributed by atoms with van der Waals surface area (Å²) in [5.41, 5.74) is 2.25. The van der Waals surface area contributed by atoms with Gasteiger partial charge in [-0.1, -0.05) is 0 Å². The molecule has 4 heterocycles.